The Labute approximate surface area is 107 Å². The van der Waals surface area contributed by atoms with Gasteiger partial charge in [0.2, 0.25) is 5.91 Å². The van der Waals surface area contributed by atoms with Crippen molar-refractivity contribution < 1.29 is 9.90 Å². The molecular weight excluding hydrogens is 228 g/mol. The van der Waals surface area contributed by atoms with Crippen molar-refractivity contribution in [3.05, 3.63) is 35.9 Å². The highest BCUT2D eigenvalue weighted by Gasteiger charge is 2.37. The molecule has 4 heteroatoms. The maximum absolute atomic E-state index is 12.2. The summed E-state index contributed by atoms with van der Waals surface area (Å²) in [6, 6.07) is 9.23. The van der Waals surface area contributed by atoms with Crippen LogP contribution in [0.1, 0.15) is 24.9 Å². The highest BCUT2D eigenvalue weighted by molar-refractivity contribution is 5.83. The molecule has 18 heavy (non-hydrogen) atoms. The second-order valence-electron chi connectivity index (χ2n) is 5.11. The Morgan fingerprint density at radius 1 is 1.50 bits per heavy atom. The maximum Gasteiger partial charge on any atom is 0.227 e. The van der Waals surface area contributed by atoms with Crippen molar-refractivity contribution in [2.45, 2.75) is 19.4 Å². The van der Waals surface area contributed by atoms with E-state index in [-0.39, 0.29) is 24.0 Å². The van der Waals surface area contributed by atoms with Gasteiger partial charge in [0.15, 0.2) is 0 Å². The first-order chi connectivity index (χ1) is 8.65. The molecule has 1 aromatic rings. The third kappa shape index (κ3) is 2.71. The molecule has 1 unspecified atom stereocenters. The second kappa shape index (κ2) is 5.50. The lowest BCUT2D eigenvalue weighted by Crippen LogP contribution is -2.43. The molecule has 2 rings (SSSR count). The summed E-state index contributed by atoms with van der Waals surface area (Å²) in [6.45, 7) is 3.45. The van der Waals surface area contributed by atoms with E-state index in [0.717, 1.165) is 18.5 Å². The molecule has 98 valence electrons. The normalized spacial score (nSPS) is 24.8. The van der Waals surface area contributed by atoms with Crippen molar-refractivity contribution in [1.29, 1.82) is 0 Å². The molecular formula is C14H20N2O2. The largest absolute Gasteiger partial charge is 0.394 e. The summed E-state index contributed by atoms with van der Waals surface area (Å²) in [5.74, 6) is 0.00963. The van der Waals surface area contributed by atoms with Crippen LogP contribution in [0.2, 0.25) is 0 Å². The SMILES string of the molecule is CC1(C(=O)N[C@@H](CO)c2ccccc2)CCNC1. The first-order valence-corrected chi connectivity index (χ1v) is 6.33. The first kappa shape index (κ1) is 13.1. The average molecular weight is 248 g/mol. The van der Waals surface area contributed by atoms with Crippen molar-refractivity contribution in [3.63, 3.8) is 0 Å². The van der Waals surface area contributed by atoms with E-state index in [1.165, 1.54) is 0 Å². The van der Waals surface area contributed by atoms with E-state index >= 15 is 0 Å². The molecule has 3 N–H and O–H groups in total. The topological polar surface area (TPSA) is 61.4 Å². The van der Waals surface area contributed by atoms with Crippen LogP contribution in [-0.4, -0.2) is 30.7 Å². The third-order valence-electron chi connectivity index (χ3n) is 3.61. The highest BCUT2D eigenvalue weighted by Crippen LogP contribution is 2.26. The van der Waals surface area contributed by atoms with Gasteiger partial charge in [0, 0.05) is 6.54 Å². The van der Waals surface area contributed by atoms with Gasteiger partial charge in [-0.15, -0.1) is 0 Å². The van der Waals surface area contributed by atoms with Gasteiger partial charge in [-0.3, -0.25) is 4.79 Å². The minimum Gasteiger partial charge on any atom is -0.394 e. The number of benzene rings is 1. The molecule has 1 saturated heterocycles. The van der Waals surface area contributed by atoms with E-state index in [4.69, 9.17) is 0 Å². The van der Waals surface area contributed by atoms with Crippen LogP contribution in [0.15, 0.2) is 30.3 Å². The number of aliphatic hydroxyl groups excluding tert-OH is 1. The first-order valence-electron chi connectivity index (χ1n) is 6.33. The zero-order valence-electron chi connectivity index (χ0n) is 10.6. The fourth-order valence-electron chi connectivity index (χ4n) is 2.26. The fraction of sp³-hybridized carbons (Fsp3) is 0.500. The highest BCUT2D eigenvalue weighted by atomic mass is 16.3. The van der Waals surface area contributed by atoms with Crippen LogP contribution in [0.5, 0.6) is 0 Å². The Balaban J connectivity index is 2.05. The molecule has 2 atom stereocenters. The molecule has 4 nitrogen and oxygen atoms in total. The Hall–Kier alpha value is -1.39. The van der Waals surface area contributed by atoms with E-state index < -0.39 is 0 Å². The van der Waals surface area contributed by atoms with Gasteiger partial charge in [0.05, 0.1) is 18.1 Å². The Kier molecular flexibility index (Phi) is 3.99. The zero-order valence-corrected chi connectivity index (χ0v) is 10.6. The van der Waals surface area contributed by atoms with E-state index in [1.807, 2.05) is 37.3 Å². The standard InChI is InChI=1S/C14H20N2O2/c1-14(7-8-15-10-14)13(18)16-12(9-17)11-5-3-2-4-6-11/h2-6,12,15,17H,7-10H2,1H3,(H,16,18)/t12-,14?/m0/s1. The van der Waals surface area contributed by atoms with Crippen molar-refractivity contribution >= 4 is 5.91 Å². The summed E-state index contributed by atoms with van der Waals surface area (Å²) >= 11 is 0. The summed E-state index contributed by atoms with van der Waals surface area (Å²) in [6.07, 6.45) is 0.839. The third-order valence-corrected chi connectivity index (χ3v) is 3.61. The predicted octanol–water partition coefficient (Wildman–Crippen LogP) is 0.836. The number of amides is 1. The maximum atomic E-state index is 12.2. The monoisotopic (exact) mass is 248 g/mol. The number of hydrogen-bond donors (Lipinski definition) is 3. The van der Waals surface area contributed by atoms with Crippen LogP contribution in [-0.2, 0) is 4.79 Å². The average Bonchev–Trinajstić information content (AvgIpc) is 2.85. The molecule has 0 aliphatic carbocycles. The fourth-order valence-corrected chi connectivity index (χ4v) is 2.26. The molecule has 0 spiro atoms. The molecule has 0 aromatic heterocycles. The number of aliphatic hydroxyl groups is 1. The van der Waals surface area contributed by atoms with E-state index in [2.05, 4.69) is 10.6 Å². The van der Waals surface area contributed by atoms with Gasteiger partial charge in [-0.1, -0.05) is 30.3 Å². The Morgan fingerprint density at radius 3 is 2.78 bits per heavy atom. The molecule has 1 aromatic carbocycles. The molecule has 0 saturated carbocycles. The van der Waals surface area contributed by atoms with Crippen LogP contribution in [0, 0.1) is 5.41 Å². The summed E-state index contributed by atoms with van der Waals surface area (Å²) in [4.78, 5) is 12.2. The molecule has 1 heterocycles. The van der Waals surface area contributed by atoms with Crippen LogP contribution in [0.4, 0.5) is 0 Å². The summed E-state index contributed by atoms with van der Waals surface area (Å²) in [7, 11) is 0. The predicted molar refractivity (Wildman–Crippen MR) is 70.0 cm³/mol. The minimum absolute atomic E-state index is 0.00963. The van der Waals surface area contributed by atoms with Crippen molar-refractivity contribution in [3.8, 4) is 0 Å². The lowest BCUT2D eigenvalue weighted by molar-refractivity contribution is -0.130. The van der Waals surface area contributed by atoms with Gasteiger partial charge in [-0.05, 0) is 25.5 Å². The van der Waals surface area contributed by atoms with Gasteiger partial charge in [0.1, 0.15) is 0 Å². The van der Waals surface area contributed by atoms with E-state index in [1.54, 1.807) is 0 Å². The van der Waals surface area contributed by atoms with Crippen molar-refractivity contribution in [2.75, 3.05) is 19.7 Å². The van der Waals surface area contributed by atoms with Crippen LogP contribution in [0.25, 0.3) is 0 Å². The van der Waals surface area contributed by atoms with E-state index in [9.17, 15) is 9.90 Å². The van der Waals surface area contributed by atoms with Gasteiger partial charge < -0.3 is 15.7 Å². The number of carbonyl (C=O) groups is 1. The summed E-state index contributed by atoms with van der Waals surface area (Å²) in [5.41, 5.74) is 0.574. The molecule has 1 amide bonds. The van der Waals surface area contributed by atoms with Gasteiger partial charge in [-0.25, -0.2) is 0 Å². The smallest absolute Gasteiger partial charge is 0.227 e. The van der Waals surface area contributed by atoms with E-state index in [0.29, 0.717) is 6.54 Å². The lowest BCUT2D eigenvalue weighted by atomic mass is 9.88. The van der Waals surface area contributed by atoms with Gasteiger partial charge in [0.25, 0.3) is 0 Å². The lowest BCUT2D eigenvalue weighted by Gasteiger charge is -2.25. The molecule has 1 fully saturated rings. The Bertz CT molecular complexity index is 400. The van der Waals surface area contributed by atoms with Crippen LogP contribution >= 0.6 is 0 Å². The van der Waals surface area contributed by atoms with Crippen molar-refractivity contribution in [2.24, 2.45) is 5.41 Å². The van der Waals surface area contributed by atoms with Gasteiger partial charge in [-0.2, -0.15) is 0 Å². The second-order valence-corrected chi connectivity index (χ2v) is 5.11. The molecule has 0 radical (unpaired) electrons. The number of rotatable bonds is 4. The summed E-state index contributed by atoms with van der Waals surface area (Å²) < 4.78 is 0. The summed E-state index contributed by atoms with van der Waals surface area (Å²) in [5, 5.41) is 15.6. The zero-order chi connectivity index (χ0) is 13.0. The Morgan fingerprint density at radius 2 is 2.22 bits per heavy atom. The number of hydrogen-bond acceptors (Lipinski definition) is 3. The number of nitrogens with one attached hydrogen (secondary N) is 2. The van der Waals surface area contributed by atoms with Gasteiger partial charge >= 0.3 is 0 Å². The van der Waals surface area contributed by atoms with Crippen molar-refractivity contribution in [1.82, 2.24) is 10.6 Å². The molecule has 0 bridgehead atoms. The van der Waals surface area contributed by atoms with Crippen LogP contribution in [0.3, 0.4) is 0 Å². The number of carbonyl (C=O) groups excluding carboxylic acids is 1. The molecule has 1 aliphatic rings. The molecule has 1 aliphatic heterocycles. The van der Waals surface area contributed by atoms with Crippen LogP contribution < -0.4 is 10.6 Å². The minimum atomic E-state index is -0.359. The quantitative estimate of drug-likeness (QED) is 0.740.